The number of fused-ring (bicyclic) bond motifs is 1. The van der Waals surface area contributed by atoms with Crippen LogP contribution in [0, 0.1) is 13.8 Å². The third kappa shape index (κ3) is 3.35. The van der Waals surface area contributed by atoms with Crippen molar-refractivity contribution in [1.82, 2.24) is 9.55 Å². The highest BCUT2D eigenvalue weighted by Gasteiger charge is 2.14. The van der Waals surface area contributed by atoms with Gasteiger partial charge in [0.1, 0.15) is 4.83 Å². The van der Waals surface area contributed by atoms with Gasteiger partial charge in [0, 0.05) is 17.7 Å². The largest absolute Gasteiger partial charge is 0.290 e. The normalized spacial score (nSPS) is 11.3. The molecule has 0 radical (unpaired) electrons. The van der Waals surface area contributed by atoms with Crippen molar-refractivity contribution in [1.29, 1.82) is 0 Å². The Bertz CT molecular complexity index is 881. The van der Waals surface area contributed by atoms with E-state index in [4.69, 9.17) is 4.98 Å². The van der Waals surface area contributed by atoms with Crippen LogP contribution in [0.4, 0.5) is 0 Å². The maximum Gasteiger partial charge on any atom is 0.262 e. The van der Waals surface area contributed by atoms with Gasteiger partial charge in [0.15, 0.2) is 5.16 Å². The van der Waals surface area contributed by atoms with Crippen LogP contribution in [0.3, 0.4) is 0 Å². The third-order valence-corrected chi connectivity index (χ3v) is 6.27. The Morgan fingerprint density at radius 3 is 2.70 bits per heavy atom. The summed E-state index contributed by atoms with van der Waals surface area (Å²) < 4.78 is 1.69. The molecule has 23 heavy (non-hydrogen) atoms. The van der Waals surface area contributed by atoms with Gasteiger partial charge in [0.2, 0.25) is 0 Å². The first kappa shape index (κ1) is 16.3. The van der Waals surface area contributed by atoms with E-state index in [1.54, 1.807) is 27.7 Å². The van der Waals surface area contributed by atoms with Crippen LogP contribution in [0.25, 0.3) is 10.2 Å². The zero-order valence-corrected chi connectivity index (χ0v) is 15.3. The van der Waals surface area contributed by atoms with Gasteiger partial charge < -0.3 is 0 Å². The van der Waals surface area contributed by atoms with Gasteiger partial charge in [0.05, 0.1) is 5.39 Å². The van der Waals surface area contributed by atoms with Gasteiger partial charge in [-0.3, -0.25) is 9.36 Å². The SMILES string of the molecule is Cc1sc2nc(SCCCc3ccccc3)n(C)c(=O)c2c1C. The van der Waals surface area contributed by atoms with E-state index in [1.807, 2.05) is 27.0 Å². The Labute approximate surface area is 144 Å². The van der Waals surface area contributed by atoms with Gasteiger partial charge in [-0.05, 0) is 37.8 Å². The summed E-state index contributed by atoms with van der Waals surface area (Å²) in [7, 11) is 1.82. The molecule has 0 bridgehead atoms. The molecule has 0 amide bonds. The molecule has 120 valence electrons. The molecule has 0 aliphatic heterocycles. The van der Waals surface area contributed by atoms with Crippen molar-refractivity contribution in [2.75, 3.05) is 5.75 Å². The molecule has 2 aromatic heterocycles. The Morgan fingerprint density at radius 2 is 1.96 bits per heavy atom. The summed E-state index contributed by atoms with van der Waals surface area (Å²) in [5.74, 6) is 0.962. The molecule has 3 rings (SSSR count). The molecule has 0 spiro atoms. The lowest BCUT2D eigenvalue weighted by Crippen LogP contribution is -2.19. The first-order valence-electron chi connectivity index (χ1n) is 7.71. The van der Waals surface area contributed by atoms with Gasteiger partial charge in [-0.25, -0.2) is 4.98 Å². The number of thioether (sulfide) groups is 1. The third-order valence-electron chi connectivity index (χ3n) is 4.05. The number of nitrogens with zero attached hydrogens (tertiary/aromatic N) is 2. The second-order valence-corrected chi connectivity index (χ2v) is 7.92. The lowest BCUT2D eigenvalue weighted by molar-refractivity contribution is 0.726. The van der Waals surface area contributed by atoms with Gasteiger partial charge in [-0.15, -0.1) is 11.3 Å². The van der Waals surface area contributed by atoms with Gasteiger partial charge >= 0.3 is 0 Å². The zero-order valence-electron chi connectivity index (χ0n) is 13.6. The van der Waals surface area contributed by atoms with Crippen molar-refractivity contribution in [2.24, 2.45) is 7.05 Å². The molecule has 0 atom stereocenters. The van der Waals surface area contributed by atoms with Crippen LogP contribution in [0.15, 0.2) is 40.3 Å². The van der Waals surface area contributed by atoms with Gasteiger partial charge in [-0.2, -0.15) is 0 Å². The molecule has 0 unspecified atom stereocenters. The van der Waals surface area contributed by atoms with Crippen LogP contribution < -0.4 is 5.56 Å². The molecule has 0 aliphatic rings. The molecule has 0 saturated carbocycles. The predicted molar refractivity (Wildman–Crippen MR) is 99.8 cm³/mol. The summed E-state index contributed by atoms with van der Waals surface area (Å²) >= 11 is 3.28. The molecule has 1 aromatic carbocycles. The summed E-state index contributed by atoms with van der Waals surface area (Å²) in [5.41, 5.74) is 2.50. The fourth-order valence-electron chi connectivity index (χ4n) is 2.57. The van der Waals surface area contributed by atoms with Crippen molar-refractivity contribution in [2.45, 2.75) is 31.8 Å². The lowest BCUT2D eigenvalue weighted by Gasteiger charge is -2.07. The van der Waals surface area contributed by atoms with Crippen LogP contribution in [0.1, 0.15) is 22.4 Å². The monoisotopic (exact) mass is 344 g/mol. The van der Waals surface area contributed by atoms with E-state index in [1.165, 1.54) is 10.4 Å². The van der Waals surface area contributed by atoms with Crippen LogP contribution in [-0.2, 0) is 13.5 Å². The molecule has 3 nitrogen and oxygen atoms in total. The highest BCUT2D eigenvalue weighted by atomic mass is 32.2. The van der Waals surface area contributed by atoms with Crippen molar-refractivity contribution < 1.29 is 0 Å². The number of aryl methyl sites for hydroxylation is 3. The van der Waals surface area contributed by atoms with Crippen molar-refractivity contribution >= 4 is 33.3 Å². The van der Waals surface area contributed by atoms with Gasteiger partial charge in [-0.1, -0.05) is 42.1 Å². The molecule has 5 heteroatoms. The number of thiophene rings is 1. The summed E-state index contributed by atoms with van der Waals surface area (Å²) in [6.07, 6.45) is 2.13. The maximum atomic E-state index is 12.6. The fourth-order valence-corrected chi connectivity index (χ4v) is 4.55. The molecular formula is C18H20N2OS2. The number of hydrogen-bond acceptors (Lipinski definition) is 4. The minimum absolute atomic E-state index is 0.0717. The van der Waals surface area contributed by atoms with Crippen LogP contribution in [0.5, 0.6) is 0 Å². The van der Waals surface area contributed by atoms with Crippen LogP contribution in [0.2, 0.25) is 0 Å². The molecule has 2 heterocycles. The highest BCUT2D eigenvalue weighted by Crippen LogP contribution is 2.28. The Balaban J connectivity index is 1.73. The van der Waals surface area contributed by atoms with E-state index in [0.29, 0.717) is 0 Å². The number of benzene rings is 1. The molecular weight excluding hydrogens is 324 g/mol. The fraction of sp³-hybridized carbons (Fsp3) is 0.333. The van der Waals surface area contributed by atoms with Gasteiger partial charge in [0.25, 0.3) is 5.56 Å². The first-order chi connectivity index (χ1) is 11.1. The van der Waals surface area contributed by atoms with E-state index >= 15 is 0 Å². The second-order valence-electron chi connectivity index (χ2n) is 5.66. The molecule has 0 N–H and O–H groups in total. The molecule has 0 aliphatic carbocycles. The van der Waals surface area contributed by atoms with E-state index in [9.17, 15) is 4.79 Å². The first-order valence-corrected chi connectivity index (χ1v) is 9.51. The minimum atomic E-state index is 0.0717. The summed E-state index contributed by atoms with van der Waals surface area (Å²) in [4.78, 5) is 19.3. The van der Waals surface area contributed by atoms with E-state index in [-0.39, 0.29) is 5.56 Å². The molecule has 0 saturated heterocycles. The van der Waals surface area contributed by atoms with Crippen molar-refractivity contribution in [3.8, 4) is 0 Å². The molecule has 0 fully saturated rings. The molecule has 3 aromatic rings. The Kier molecular flexibility index (Phi) is 4.87. The summed E-state index contributed by atoms with van der Waals surface area (Å²) in [5, 5.41) is 1.60. The summed E-state index contributed by atoms with van der Waals surface area (Å²) in [6, 6.07) is 10.5. The number of aromatic nitrogens is 2. The van der Waals surface area contributed by atoms with Crippen molar-refractivity contribution in [3.63, 3.8) is 0 Å². The number of rotatable bonds is 5. The van der Waals surface area contributed by atoms with Crippen LogP contribution >= 0.6 is 23.1 Å². The van der Waals surface area contributed by atoms with Crippen molar-refractivity contribution in [3.05, 3.63) is 56.7 Å². The lowest BCUT2D eigenvalue weighted by atomic mass is 10.1. The van der Waals surface area contributed by atoms with E-state index in [2.05, 4.69) is 24.3 Å². The zero-order chi connectivity index (χ0) is 16.4. The predicted octanol–water partition coefficient (Wildman–Crippen LogP) is 4.34. The number of hydrogen-bond donors (Lipinski definition) is 0. The smallest absolute Gasteiger partial charge is 0.262 e. The van der Waals surface area contributed by atoms with E-state index in [0.717, 1.165) is 39.5 Å². The minimum Gasteiger partial charge on any atom is -0.290 e. The Hall–Kier alpha value is -1.59. The average molecular weight is 345 g/mol. The highest BCUT2D eigenvalue weighted by molar-refractivity contribution is 7.99. The Morgan fingerprint density at radius 1 is 1.22 bits per heavy atom. The maximum absolute atomic E-state index is 12.6. The average Bonchev–Trinajstić information content (AvgIpc) is 2.84. The topological polar surface area (TPSA) is 34.9 Å². The van der Waals surface area contributed by atoms with E-state index < -0.39 is 0 Å². The standard InChI is InChI=1S/C18H20N2OS2/c1-12-13(2)23-16-15(12)17(21)20(3)18(19-16)22-11-7-10-14-8-5-4-6-9-14/h4-6,8-9H,7,10-11H2,1-3H3. The quantitative estimate of drug-likeness (QED) is 0.392. The second kappa shape index (κ2) is 6.89. The van der Waals surface area contributed by atoms with Crippen LogP contribution in [-0.4, -0.2) is 15.3 Å². The summed E-state index contributed by atoms with van der Waals surface area (Å²) in [6.45, 7) is 4.05.